The van der Waals surface area contributed by atoms with Crippen molar-refractivity contribution in [1.29, 1.82) is 0 Å². The predicted molar refractivity (Wildman–Crippen MR) is 62.5 cm³/mol. The third kappa shape index (κ3) is 1.53. The van der Waals surface area contributed by atoms with Crippen molar-refractivity contribution in [2.24, 2.45) is 5.84 Å². The van der Waals surface area contributed by atoms with Gasteiger partial charge in [0.05, 0.1) is 19.8 Å². The maximum atomic E-state index is 5.98. The lowest BCUT2D eigenvalue weighted by Gasteiger charge is -1.97. The zero-order valence-electron chi connectivity index (χ0n) is 6.64. The van der Waals surface area contributed by atoms with Crippen LogP contribution in [0.5, 0.6) is 0 Å². The molecule has 0 aliphatic carbocycles. The lowest BCUT2D eigenvalue weighted by molar-refractivity contribution is 1.31. The van der Waals surface area contributed by atoms with Crippen LogP contribution in [-0.2, 0) is 0 Å². The number of thiazole rings is 1. The molecule has 0 aliphatic rings. The number of nitrogens with two attached hydrogens (primary N) is 1. The number of fused-ring (bicyclic) bond motifs is 1. The highest BCUT2D eigenvalue weighted by Gasteiger charge is 2.13. The number of nitrogens with one attached hydrogen (secondary N) is 1. The first-order chi connectivity index (χ1) is 6.63. The molecule has 2 aromatic rings. The van der Waals surface area contributed by atoms with Gasteiger partial charge in [-0.1, -0.05) is 46.1 Å². The molecule has 0 atom stereocenters. The average molecular weight is 269 g/mol. The van der Waals surface area contributed by atoms with Crippen LogP contribution >= 0.6 is 46.1 Å². The molecule has 7 heteroatoms. The number of benzene rings is 1. The smallest absolute Gasteiger partial charge is 0.198 e. The maximum Gasteiger partial charge on any atom is 0.198 e. The van der Waals surface area contributed by atoms with E-state index in [-0.39, 0.29) is 0 Å². The molecule has 1 aromatic heterocycles. The van der Waals surface area contributed by atoms with E-state index >= 15 is 0 Å². The Morgan fingerprint density at radius 1 is 1.29 bits per heavy atom. The number of rotatable bonds is 1. The summed E-state index contributed by atoms with van der Waals surface area (Å²) in [4.78, 5) is 4.14. The summed E-state index contributed by atoms with van der Waals surface area (Å²) in [5.41, 5.74) is 3.05. The normalized spacial score (nSPS) is 10.9. The minimum Gasteiger partial charge on any atom is -0.300 e. The van der Waals surface area contributed by atoms with Crippen LogP contribution in [0, 0.1) is 0 Å². The molecule has 0 unspecified atom stereocenters. The molecule has 74 valence electrons. The molecular formula is C7H4Cl3N3S. The Hall–Kier alpha value is -0.260. The quantitative estimate of drug-likeness (QED) is 0.472. The van der Waals surface area contributed by atoms with Gasteiger partial charge < -0.3 is 0 Å². The van der Waals surface area contributed by atoms with Gasteiger partial charge in [0.1, 0.15) is 5.52 Å². The van der Waals surface area contributed by atoms with Crippen molar-refractivity contribution in [2.75, 3.05) is 5.43 Å². The fourth-order valence-electron chi connectivity index (χ4n) is 1.04. The standard InChI is InChI=1S/C7H4Cl3N3S/c8-2-1-3(9)5-6(4(2)10)14-7(12-5)13-11/h1H,11H2,(H,12,13). The Morgan fingerprint density at radius 3 is 2.64 bits per heavy atom. The highest BCUT2D eigenvalue weighted by molar-refractivity contribution is 7.23. The molecular weight excluding hydrogens is 265 g/mol. The van der Waals surface area contributed by atoms with Gasteiger partial charge in [0.15, 0.2) is 5.13 Å². The second-order valence-corrected chi connectivity index (χ2v) is 4.69. The molecule has 0 amide bonds. The number of nitrogens with zero attached hydrogens (tertiary/aromatic N) is 1. The highest BCUT2D eigenvalue weighted by atomic mass is 35.5. The van der Waals surface area contributed by atoms with E-state index in [1.54, 1.807) is 6.07 Å². The van der Waals surface area contributed by atoms with Crippen molar-refractivity contribution >= 4 is 61.5 Å². The SMILES string of the molecule is NNc1nc2c(Cl)cc(Cl)c(Cl)c2s1. The van der Waals surface area contributed by atoms with E-state index in [2.05, 4.69) is 10.4 Å². The number of nitrogen functional groups attached to an aromatic ring is 1. The lowest BCUT2D eigenvalue weighted by atomic mass is 10.3. The first-order valence-corrected chi connectivity index (χ1v) is 5.49. The van der Waals surface area contributed by atoms with Crippen LogP contribution in [0.3, 0.4) is 0 Å². The third-order valence-electron chi connectivity index (χ3n) is 1.64. The molecule has 0 fully saturated rings. The largest absolute Gasteiger partial charge is 0.300 e. The molecule has 0 saturated carbocycles. The molecule has 0 bridgehead atoms. The molecule has 14 heavy (non-hydrogen) atoms. The molecule has 0 radical (unpaired) electrons. The first kappa shape index (κ1) is 10.3. The predicted octanol–water partition coefficient (Wildman–Crippen LogP) is 3.54. The van der Waals surface area contributed by atoms with Crippen LogP contribution in [0.15, 0.2) is 6.07 Å². The second kappa shape index (κ2) is 3.72. The van der Waals surface area contributed by atoms with E-state index in [1.807, 2.05) is 0 Å². The Kier molecular flexibility index (Phi) is 2.72. The van der Waals surface area contributed by atoms with Gasteiger partial charge in [-0.2, -0.15) is 0 Å². The van der Waals surface area contributed by atoms with Crippen molar-refractivity contribution < 1.29 is 0 Å². The van der Waals surface area contributed by atoms with Gasteiger partial charge in [0.25, 0.3) is 0 Å². The summed E-state index contributed by atoms with van der Waals surface area (Å²) in [5.74, 6) is 5.23. The highest BCUT2D eigenvalue weighted by Crippen LogP contribution is 2.40. The number of aromatic nitrogens is 1. The first-order valence-electron chi connectivity index (χ1n) is 3.54. The molecule has 3 nitrogen and oxygen atoms in total. The van der Waals surface area contributed by atoms with Crippen LogP contribution in [0.1, 0.15) is 0 Å². The van der Waals surface area contributed by atoms with Gasteiger partial charge >= 0.3 is 0 Å². The van der Waals surface area contributed by atoms with Crippen molar-refractivity contribution in [3.63, 3.8) is 0 Å². The fourth-order valence-corrected chi connectivity index (χ4v) is 2.76. The van der Waals surface area contributed by atoms with Gasteiger partial charge in [0, 0.05) is 0 Å². The number of halogens is 3. The maximum absolute atomic E-state index is 5.98. The Bertz CT molecular complexity index is 496. The Labute approximate surface area is 98.7 Å². The van der Waals surface area contributed by atoms with Crippen molar-refractivity contribution in [1.82, 2.24) is 4.98 Å². The van der Waals surface area contributed by atoms with E-state index in [9.17, 15) is 0 Å². The van der Waals surface area contributed by atoms with Gasteiger partial charge in [-0.25, -0.2) is 10.8 Å². The molecule has 0 saturated heterocycles. The Balaban J connectivity index is 2.84. The second-order valence-electron chi connectivity index (χ2n) is 2.50. The van der Waals surface area contributed by atoms with Crippen LogP contribution in [0.25, 0.3) is 10.2 Å². The zero-order chi connectivity index (χ0) is 10.3. The van der Waals surface area contributed by atoms with E-state index in [0.29, 0.717) is 25.7 Å². The van der Waals surface area contributed by atoms with Crippen molar-refractivity contribution in [3.8, 4) is 0 Å². The summed E-state index contributed by atoms with van der Waals surface area (Å²) < 4.78 is 0.733. The molecule has 2 rings (SSSR count). The van der Waals surface area contributed by atoms with Gasteiger partial charge in [-0.3, -0.25) is 5.43 Å². The molecule has 1 heterocycles. The number of anilines is 1. The van der Waals surface area contributed by atoms with Crippen LogP contribution in [0.4, 0.5) is 5.13 Å². The minimum absolute atomic E-state index is 0.413. The third-order valence-corrected chi connectivity index (χ3v) is 3.83. The lowest BCUT2D eigenvalue weighted by Crippen LogP contribution is -2.05. The van der Waals surface area contributed by atoms with Crippen LogP contribution < -0.4 is 11.3 Å². The van der Waals surface area contributed by atoms with Crippen molar-refractivity contribution in [3.05, 3.63) is 21.1 Å². The number of hydrogen-bond donors (Lipinski definition) is 2. The summed E-state index contributed by atoms with van der Waals surface area (Å²) >= 11 is 19.1. The monoisotopic (exact) mass is 267 g/mol. The minimum atomic E-state index is 0.413. The van der Waals surface area contributed by atoms with E-state index in [4.69, 9.17) is 40.6 Å². The van der Waals surface area contributed by atoms with E-state index in [1.165, 1.54) is 11.3 Å². The molecule has 3 N–H and O–H groups in total. The summed E-state index contributed by atoms with van der Waals surface area (Å²) in [6, 6.07) is 1.56. The number of hydrogen-bond acceptors (Lipinski definition) is 4. The Morgan fingerprint density at radius 2 is 2.00 bits per heavy atom. The summed E-state index contributed by atoms with van der Waals surface area (Å²) in [5, 5.41) is 1.87. The van der Waals surface area contributed by atoms with Gasteiger partial charge in [-0.05, 0) is 6.07 Å². The zero-order valence-corrected chi connectivity index (χ0v) is 9.73. The molecule has 1 aromatic carbocycles. The summed E-state index contributed by atoms with van der Waals surface area (Å²) in [6.45, 7) is 0. The van der Waals surface area contributed by atoms with Crippen LogP contribution in [0.2, 0.25) is 15.1 Å². The van der Waals surface area contributed by atoms with E-state index < -0.39 is 0 Å². The molecule has 0 spiro atoms. The number of hydrazine groups is 1. The van der Waals surface area contributed by atoms with Gasteiger partial charge in [0.2, 0.25) is 0 Å². The van der Waals surface area contributed by atoms with E-state index in [0.717, 1.165) is 4.70 Å². The average Bonchev–Trinajstić information content (AvgIpc) is 2.58. The summed E-state index contributed by atoms with van der Waals surface area (Å²) in [7, 11) is 0. The van der Waals surface area contributed by atoms with Crippen molar-refractivity contribution in [2.45, 2.75) is 0 Å². The van der Waals surface area contributed by atoms with Gasteiger partial charge in [-0.15, -0.1) is 0 Å². The molecule has 0 aliphatic heterocycles. The van der Waals surface area contributed by atoms with Crippen LogP contribution in [-0.4, -0.2) is 4.98 Å². The topological polar surface area (TPSA) is 50.9 Å². The summed E-state index contributed by atoms with van der Waals surface area (Å²) in [6.07, 6.45) is 0. The fraction of sp³-hybridized carbons (Fsp3) is 0.